The zero-order valence-corrected chi connectivity index (χ0v) is 20.0. The molecular weight excluding hydrogens is 436 g/mol. The van der Waals surface area contributed by atoms with E-state index in [-0.39, 0.29) is 13.0 Å². The maximum absolute atomic E-state index is 12.8. The Kier molecular flexibility index (Phi) is 5.71. The number of rotatable bonds is 3. The molecule has 0 spiro atoms. The zero-order chi connectivity index (χ0) is 22.4. The van der Waals surface area contributed by atoms with Crippen molar-refractivity contribution in [3.05, 3.63) is 69.0 Å². The van der Waals surface area contributed by atoms with Gasteiger partial charge in [-0.15, -0.1) is 0 Å². The van der Waals surface area contributed by atoms with Crippen molar-refractivity contribution in [2.45, 2.75) is 56.6 Å². The zero-order valence-electron chi connectivity index (χ0n) is 18.0. The highest BCUT2D eigenvalue weighted by Gasteiger charge is 2.57. The molecule has 11 heteroatoms. The van der Waals surface area contributed by atoms with E-state index in [1.807, 2.05) is 32.3 Å². The molecule has 0 bridgehead atoms. The number of H-pyrrole nitrogens is 1. The maximum atomic E-state index is 12.8. The third-order valence-electron chi connectivity index (χ3n) is 5.56. The Hall–Kier alpha value is -1.87. The minimum atomic E-state index is -2.56. The summed E-state index contributed by atoms with van der Waals surface area (Å²) in [4.78, 5) is 26.7. The van der Waals surface area contributed by atoms with Gasteiger partial charge in [0.15, 0.2) is 5.72 Å². The predicted octanol–water partition coefficient (Wildman–Crippen LogP) is 1.55. The summed E-state index contributed by atoms with van der Waals surface area (Å²) in [6.07, 6.45) is -0.621. The lowest BCUT2D eigenvalue weighted by Crippen LogP contribution is -2.55. The van der Waals surface area contributed by atoms with E-state index in [4.69, 9.17) is 17.7 Å². The molecule has 2 fully saturated rings. The number of fused-ring (bicyclic) bond motifs is 1. The van der Waals surface area contributed by atoms with E-state index in [9.17, 15) is 14.7 Å². The van der Waals surface area contributed by atoms with Crippen LogP contribution in [0.15, 0.2) is 52.2 Å². The topological polar surface area (TPSA) is 112 Å². The first-order chi connectivity index (χ1) is 14.5. The molecule has 4 atom stereocenters. The van der Waals surface area contributed by atoms with Crippen molar-refractivity contribution < 1.29 is 22.8 Å². The van der Waals surface area contributed by atoms with E-state index in [1.165, 1.54) is 16.8 Å². The summed E-state index contributed by atoms with van der Waals surface area (Å²) >= 11 is 0. The maximum Gasteiger partial charge on any atom is 0.330 e. The van der Waals surface area contributed by atoms with Gasteiger partial charge in [-0.1, -0.05) is 30.3 Å². The van der Waals surface area contributed by atoms with Gasteiger partial charge in [-0.3, -0.25) is 14.3 Å². The molecular formula is C20H28N2O7Si2. The molecule has 9 nitrogen and oxygen atoms in total. The van der Waals surface area contributed by atoms with Crippen LogP contribution in [0.3, 0.4) is 0 Å². The number of hydrogen-bond donors (Lipinski definition) is 2. The fourth-order valence-corrected chi connectivity index (χ4v) is 11.1. The molecule has 1 unspecified atom stereocenters. The molecule has 2 aliphatic heterocycles. The average Bonchev–Trinajstić information content (AvgIpc) is 3.03. The Morgan fingerprint density at radius 3 is 2.48 bits per heavy atom. The van der Waals surface area contributed by atoms with Gasteiger partial charge < -0.3 is 22.8 Å². The normalized spacial score (nSPS) is 30.7. The number of aromatic amines is 1. The number of aromatic nitrogens is 2. The number of nitrogens with one attached hydrogen (secondary N) is 1. The van der Waals surface area contributed by atoms with Crippen molar-refractivity contribution in [2.24, 2.45) is 0 Å². The standard InChI is InChI=1S/C20H28N2O7Si2/c1-30(2)26-13-16-15(28-31(3,4)29-30)12-20(27-16,18(24)14-8-6-5-7-9-14)22-11-10-17(23)21-19(22)25/h5-11,15-16,18,24H,12-13H2,1-4H3,(H,21,23,25)/t15-,16+,18?,20-/m0/s1. The molecule has 31 heavy (non-hydrogen) atoms. The van der Waals surface area contributed by atoms with Gasteiger partial charge in [0.05, 0.1) is 12.7 Å². The molecule has 0 radical (unpaired) electrons. The van der Waals surface area contributed by atoms with Crippen LogP contribution in [0.2, 0.25) is 26.2 Å². The summed E-state index contributed by atoms with van der Waals surface area (Å²) in [6.45, 7) is 8.04. The fourth-order valence-electron chi connectivity index (χ4n) is 4.43. The Morgan fingerprint density at radius 2 is 1.81 bits per heavy atom. The molecule has 2 aliphatic rings. The minimum Gasteiger partial charge on any atom is -0.415 e. The second-order valence-electron chi connectivity index (χ2n) is 8.87. The number of benzene rings is 1. The molecule has 168 valence electrons. The number of aliphatic hydroxyl groups is 1. The van der Waals surface area contributed by atoms with Crippen molar-refractivity contribution in [2.75, 3.05) is 6.61 Å². The van der Waals surface area contributed by atoms with Crippen LogP contribution in [-0.4, -0.2) is 50.6 Å². The van der Waals surface area contributed by atoms with Crippen molar-refractivity contribution in [3.63, 3.8) is 0 Å². The Morgan fingerprint density at radius 1 is 1.10 bits per heavy atom. The summed E-state index contributed by atoms with van der Waals surface area (Å²) in [5.74, 6) is 0. The van der Waals surface area contributed by atoms with Crippen LogP contribution in [0.25, 0.3) is 0 Å². The summed E-state index contributed by atoms with van der Waals surface area (Å²) in [7, 11) is -4.99. The van der Waals surface area contributed by atoms with Crippen molar-refractivity contribution in [1.82, 2.24) is 9.55 Å². The number of ether oxygens (including phenoxy) is 1. The van der Waals surface area contributed by atoms with Gasteiger partial charge in [0.2, 0.25) is 0 Å². The number of nitrogens with zero attached hydrogens (tertiary/aromatic N) is 1. The van der Waals surface area contributed by atoms with E-state index < -0.39 is 52.4 Å². The summed E-state index contributed by atoms with van der Waals surface area (Å²) < 4.78 is 26.4. The lowest BCUT2D eigenvalue weighted by atomic mass is 9.94. The van der Waals surface area contributed by atoms with Crippen molar-refractivity contribution in [3.8, 4) is 0 Å². The molecule has 2 aromatic rings. The summed E-state index contributed by atoms with van der Waals surface area (Å²) in [6, 6.07) is 10.2. The van der Waals surface area contributed by atoms with Crippen LogP contribution in [0.4, 0.5) is 0 Å². The lowest BCUT2D eigenvalue weighted by molar-refractivity contribution is -0.181. The van der Waals surface area contributed by atoms with Crippen LogP contribution in [0, 0.1) is 0 Å². The Balaban J connectivity index is 1.81. The SMILES string of the molecule is C[Si]1(C)OC[C@H]2O[C@@](C(O)c3ccccc3)(n3ccc(=O)[nH]c3=O)C[C@@H]2O[Si](C)(C)O1. The lowest BCUT2D eigenvalue weighted by Gasteiger charge is -2.38. The third kappa shape index (κ3) is 4.39. The second-order valence-corrected chi connectivity index (χ2v) is 15.8. The van der Waals surface area contributed by atoms with Crippen molar-refractivity contribution in [1.29, 1.82) is 0 Å². The number of hydrogen-bond acceptors (Lipinski definition) is 7. The van der Waals surface area contributed by atoms with Gasteiger partial charge in [-0.2, -0.15) is 0 Å². The van der Waals surface area contributed by atoms with Gasteiger partial charge in [-0.25, -0.2) is 4.79 Å². The van der Waals surface area contributed by atoms with Gasteiger partial charge in [0, 0.05) is 18.7 Å². The molecule has 1 aromatic heterocycles. The van der Waals surface area contributed by atoms with E-state index in [1.54, 1.807) is 24.3 Å². The first kappa shape index (κ1) is 22.3. The third-order valence-corrected chi connectivity index (χ3v) is 11.2. The quantitative estimate of drug-likeness (QED) is 0.663. The monoisotopic (exact) mass is 464 g/mol. The van der Waals surface area contributed by atoms with Crippen LogP contribution < -0.4 is 11.2 Å². The van der Waals surface area contributed by atoms with E-state index in [2.05, 4.69) is 4.98 Å². The molecule has 2 saturated heterocycles. The highest BCUT2D eigenvalue weighted by atomic mass is 28.5. The van der Waals surface area contributed by atoms with Crippen LogP contribution in [0.5, 0.6) is 0 Å². The fraction of sp³-hybridized carbons (Fsp3) is 0.500. The molecule has 4 rings (SSSR count). The molecule has 2 N–H and O–H groups in total. The second kappa shape index (κ2) is 7.92. The Labute approximate surface area is 182 Å². The molecule has 3 heterocycles. The minimum absolute atomic E-state index is 0.185. The van der Waals surface area contributed by atoms with Gasteiger partial charge in [0.1, 0.15) is 12.2 Å². The first-order valence-electron chi connectivity index (χ1n) is 10.3. The molecule has 0 saturated carbocycles. The Bertz CT molecular complexity index is 1060. The van der Waals surface area contributed by atoms with Crippen LogP contribution in [0.1, 0.15) is 18.1 Å². The average molecular weight is 465 g/mol. The van der Waals surface area contributed by atoms with Gasteiger partial charge in [-0.05, 0) is 31.8 Å². The summed E-state index contributed by atoms with van der Waals surface area (Å²) in [5.41, 5.74) is -2.09. The number of aliphatic hydroxyl groups excluding tert-OH is 1. The summed E-state index contributed by atoms with van der Waals surface area (Å²) in [5, 5.41) is 11.5. The van der Waals surface area contributed by atoms with Crippen LogP contribution >= 0.6 is 0 Å². The van der Waals surface area contributed by atoms with Crippen molar-refractivity contribution >= 4 is 17.1 Å². The largest absolute Gasteiger partial charge is 0.415 e. The van der Waals surface area contributed by atoms with Gasteiger partial charge >= 0.3 is 22.8 Å². The highest BCUT2D eigenvalue weighted by molar-refractivity contribution is 6.78. The molecule has 0 amide bonds. The van der Waals surface area contributed by atoms with Gasteiger partial charge in [0.25, 0.3) is 5.56 Å². The highest BCUT2D eigenvalue weighted by Crippen LogP contribution is 2.46. The van der Waals surface area contributed by atoms with E-state index in [0.29, 0.717) is 5.56 Å². The van der Waals surface area contributed by atoms with Crippen LogP contribution in [-0.2, 0) is 23.4 Å². The first-order valence-corrected chi connectivity index (χ1v) is 15.9. The van der Waals surface area contributed by atoms with E-state index >= 15 is 0 Å². The molecule has 1 aromatic carbocycles. The molecule has 0 aliphatic carbocycles. The van der Waals surface area contributed by atoms with E-state index in [0.717, 1.165) is 0 Å². The predicted molar refractivity (Wildman–Crippen MR) is 117 cm³/mol. The smallest absolute Gasteiger partial charge is 0.330 e.